The van der Waals surface area contributed by atoms with Gasteiger partial charge in [-0.25, -0.2) is 4.98 Å². The molecule has 2 rings (SSSR count). The van der Waals surface area contributed by atoms with Crippen molar-refractivity contribution in [2.75, 3.05) is 6.54 Å². The predicted molar refractivity (Wildman–Crippen MR) is 77.1 cm³/mol. The van der Waals surface area contributed by atoms with Crippen LogP contribution in [0, 0.1) is 13.8 Å². The Kier molecular flexibility index (Phi) is 4.75. The molecule has 0 bridgehead atoms. The fraction of sp³-hybridized carbons (Fsp3) is 0.643. The number of carboxylic acids is 1. The number of aryl methyl sites for hydroxylation is 2. The van der Waals surface area contributed by atoms with E-state index in [0.29, 0.717) is 11.3 Å². The van der Waals surface area contributed by atoms with Gasteiger partial charge in [0.1, 0.15) is 4.88 Å². The number of rotatable bonds is 4. The molecule has 0 radical (unpaired) electrons. The number of thiazole rings is 1. The molecular formula is C14H20N2O3S. The van der Waals surface area contributed by atoms with Crippen LogP contribution < -0.4 is 0 Å². The number of piperidine rings is 1. The zero-order chi connectivity index (χ0) is 14.7. The summed E-state index contributed by atoms with van der Waals surface area (Å²) in [6, 6.07) is 0.0501. The Morgan fingerprint density at radius 1 is 1.40 bits per heavy atom. The summed E-state index contributed by atoms with van der Waals surface area (Å²) in [5.74, 6) is -0.782. The van der Waals surface area contributed by atoms with Gasteiger partial charge in [0.2, 0.25) is 0 Å². The Bertz CT molecular complexity index is 513. The van der Waals surface area contributed by atoms with Crippen LogP contribution in [0.15, 0.2) is 0 Å². The van der Waals surface area contributed by atoms with Gasteiger partial charge < -0.3 is 10.0 Å². The molecule has 2 heterocycles. The maximum absolute atomic E-state index is 12.6. The lowest BCUT2D eigenvalue weighted by Gasteiger charge is -2.35. The van der Waals surface area contributed by atoms with Crippen molar-refractivity contribution in [2.45, 2.75) is 52.0 Å². The van der Waals surface area contributed by atoms with Crippen LogP contribution in [0.5, 0.6) is 0 Å². The van der Waals surface area contributed by atoms with E-state index in [9.17, 15) is 9.59 Å². The van der Waals surface area contributed by atoms with Gasteiger partial charge in [-0.15, -0.1) is 11.3 Å². The SMILES string of the molecule is Cc1nc(C)c(C(=O)N2CCCC[C@H]2CCC(=O)O)s1. The molecule has 0 saturated carbocycles. The molecule has 1 atom stereocenters. The number of carboxylic acid groups (broad SMARTS) is 1. The van der Waals surface area contributed by atoms with Crippen molar-refractivity contribution in [2.24, 2.45) is 0 Å². The smallest absolute Gasteiger partial charge is 0.303 e. The molecule has 1 N–H and O–H groups in total. The van der Waals surface area contributed by atoms with Crippen LogP contribution in [0.3, 0.4) is 0 Å². The molecule has 6 heteroatoms. The Hall–Kier alpha value is -1.43. The lowest BCUT2D eigenvalue weighted by atomic mass is 9.97. The number of likely N-dealkylation sites (tertiary alicyclic amines) is 1. The number of carbonyl (C=O) groups excluding carboxylic acids is 1. The number of carbonyl (C=O) groups is 2. The van der Waals surface area contributed by atoms with Gasteiger partial charge in [0.05, 0.1) is 10.7 Å². The van der Waals surface area contributed by atoms with Crippen molar-refractivity contribution in [3.8, 4) is 0 Å². The third kappa shape index (κ3) is 3.36. The van der Waals surface area contributed by atoms with Crippen molar-refractivity contribution >= 4 is 23.2 Å². The van der Waals surface area contributed by atoms with E-state index in [4.69, 9.17) is 5.11 Å². The number of nitrogens with zero attached hydrogens (tertiary/aromatic N) is 2. The second-order valence-corrected chi connectivity index (χ2v) is 6.43. The van der Waals surface area contributed by atoms with Crippen LogP contribution in [-0.2, 0) is 4.79 Å². The summed E-state index contributed by atoms with van der Waals surface area (Å²) in [6.07, 6.45) is 3.61. The molecule has 0 spiro atoms. The summed E-state index contributed by atoms with van der Waals surface area (Å²) in [6.45, 7) is 4.47. The first kappa shape index (κ1) is 15.0. The average Bonchev–Trinajstić information content (AvgIpc) is 2.75. The Labute approximate surface area is 122 Å². The second kappa shape index (κ2) is 6.35. The summed E-state index contributed by atoms with van der Waals surface area (Å²) in [5, 5.41) is 9.72. The topological polar surface area (TPSA) is 70.5 Å². The Morgan fingerprint density at radius 3 is 2.75 bits per heavy atom. The lowest BCUT2D eigenvalue weighted by molar-refractivity contribution is -0.137. The lowest BCUT2D eigenvalue weighted by Crippen LogP contribution is -2.43. The summed E-state index contributed by atoms with van der Waals surface area (Å²) >= 11 is 1.42. The molecule has 1 aromatic heterocycles. The fourth-order valence-electron chi connectivity index (χ4n) is 2.72. The Balaban J connectivity index is 2.12. The van der Waals surface area contributed by atoms with Crippen molar-refractivity contribution in [1.82, 2.24) is 9.88 Å². The highest BCUT2D eigenvalue weighted by Crippen LogP contribution is 2.26. The number of hydrogen-bond donors (Lipinski definition) is 1. The van der Waals surface area contributed by atoms with Gasteiger partial charge in [0.25, 0.3) is 5.91 Å². The fourth-order valence-corrected chi connectivity index (χ4v) is 3.59. The summed E-state index contributed by atoms with van der Waals surface area (Å²) in [5.41, 5.74) is 0.778. The molecule has 1 saturated heterocycles. The van der Waals surface area contributed by atoms with Gasteiger partial charge in [-0.05, 0) is 39.5 Å². The number of aliphatic carboxylic acids is 1. The monoisotopic (exact) mass is 296 g/mol. The van der Waals surface area contributed by atoms with E-state index in [1.54, 1.807) is 0 Å². The van der Waals surface area contributed by atoms with Crippen molar-refractivity contribution in [3.05, 3.63) is 15.6 Å². The van der Waals surface area contributed by atoms with Crippen molar-refractivity contribution in [1.29, 1.82) is 0 Å². The van der Waals surface area contributed by atoms with Gasteiger partial charge in [0, 0.05) is 19.0 Å². The zero-order valence-corrected chi connectivity index (χ0v) is 12.7. The van der Waals surface area contributed by atoms with Gasteiger partial charge in [-0.1, -0.05) is 0 Å². The molecule has 110 valence electrons. The van der Waals surface area contributed by atoms with E-state index in [1.807, 2.05) is 18.7 Å². The largest absolute Gasteiger partial charge is 0.481 e. The molecule has 20 heavy (non-hydrogen) atoms. The maximum Gasteiger partial charge on any atom is 0.303 e. The number of hydrogen-bond acceptors (Lipinski definition) is 4. The van der Waals surface area contributed by atoms with E-state index in [-0.39, 0.29) is 18.4 Å². The standard InChI is InChI=1S/C14H20N2O3S/c1-9-13(20-10(2)15-9)14(19)16-8-4-3-5-11(16)6-7-12(17)18/h11H,3-8H2,1-2H3,(H,17,18)/t11-/m0/s1. The normalized spacial score (nSPS) is 19.1. The van der Waals surface area contributed by atoms with Crippen molar-refractivity contribution < 1.29 is 14.7 Å². The van der Waals surface area contributed by atoms with E-state index in [2.05, 4.69) is 4.98 Å². The molecule has 0 aromatic carbocycles. The summed E-state index contributed by atoms with van der Waals surface area (Å²) in [4.78, 5) is 30.2. The van der Waals surface area contributed by atoms with Crippen LogP contribution in [0.25, 0.3) is 0 Å². The first-order valence-corrected chi connectivity index (χ1v) is 7.77. The van der Waals surface area contributed by atoms with Crippen molar-refractivity contribution in [3.63, 3.8) is 0 Å². The maximum atomic E-state index is 12.6. The Morgan fingerprint density at radius 2 is 2.15 bits per heavy atom. The van der Waals surface area contributed by atoms with Gasteiger partial charge in [-0.2, -0.15) is 0 Å². The van der Waals surface area contributed by atoms with Crippen LogP contribution in [0.4, 0.5) is 0 Å². The molecule has 1 fully saturated rings. The molecular weight excluding hydrogens is 276 g/mol. The minimum atomic E-state index is -0.798. The molecule has 0 unspecified atom stereocenters. The number of aromatic nitrogens is 1. The van der Waals surface area contributed by atoms with Crippen LogP contribution in [-0.4, -0.2) is 39.5 Å². The van der Waals surface area contributed by atoms with Crippen LogP contribution in [0.1, 0.15) is 52.5 Å². The van der Waals surface area contributed by atoms with E-state index >= 15 is 0 Å². The summed E-state index contributed by atoms with van der Waals surface area (Å²) in [7, 11) is 0. The molecule has 1 aliphatic rings. The molecule has 0 aliphatic carbocycles. The minimum absolute atomic E-state index is 0.0168. The van der Waals surface area contributed by atoms with Crippen LogP contribution >= 0.6 is 11.3 Å². The number of amides is 1. The zero-order valence-electron chi connectivity index (χ0n) is 11.9. The molecule has 1 aromatic rings. The molecule has 5 nitrogen and oxygen atoms in total. The second-order valence-electron chi connectivity index (χ2n) is 5.23. The highest BCUT2D eigenvalue weighted by molar-refractivity contribution is 7.13. The highest BCUT2D eigenvalue weighted by atomic mass is 32.1. The highest BCUT2D eigenvalue weighted by Gasteiger charge is 2.29. The van der Waals surface area contributed by atoms with Gasteiger partial charge in [0.15, 0.2) is 0 Å². The summed E-state index contributed by atoms with van der Waals surface area (Å²) < 4.78 is 0. The van der Waals surface area contributed by atoms with Crippen LogP contribution in [0.2, 0.25) is 0 Å². The quantitative estimate of drug-likeness (QED) is 0.927. The third-order valence-electron chi connectivity index (χ3n) is 3.68. The van der Waals surface area contributed by atoms with E-state index < -0.39 is 5.97 Å². The van der Waals surface area contributed by atoms with Gasteiger partial charge in [-0.3, -0.25) is 9.59 Å². The molecule has 1 amide bonds. The first-order chi connectivity index (χ1) is 9.49. The molecule has 1 aliphatic heterocycles. The van der Waals surface area contributed by atoms with E-state index in [0.717, 1.165) is 36.5 Å². The average molecular weight is 296 g/mol. The van der Waals surface area contributed by atoms with E-state index in [1.165, 1.54) is 11.3 Å². The minimum Gasteiger partial charge on any atom is -0.481 e. The van der Waals surface area contributed by atoms with Gasteiger partial charge >= 0.3 is 5.97 Å². The predicted octanol–water partition coefficient (Wildman–Crippen LogP) is 2.62. The first-order valence-electron chi connectivity index (χ1n) is 6.96. The third-order valence-corrected chi connectivity index (χ3v) is 4.74.